The third kappa shape index (κ3) is 3.34. The maximum absolute atomic E-state index is 13.8. The molecule has 110 valence electrons. The fraction of sp³-hybridized carbons (Fsp3) is 0.200. The van der Waals surface area contributed by atoms with Crippen LogP contribution in [0.4, 0.5) is 14.5 Å². The van der Waals surface area contributed by atoms with Crippen LogP contribution in [-0.2, 0) is 4.74 Å². The Morgan fingerprint density at radius 1 is 1.24 bits per heavy atom. The number of hydrogen-bond donors (Lipinski definition) is 1. The van der Waals surface area contributed by atoms with Gasteiger partial charge in [0.2, 0.25) is 0 Å². The molecule has 1 aromatic carbocycles. The highest BCUT2D eigenvalue weighted by Gasteiger charge is 2.17. The largest absolute Gasteiger partial charge is 0.465 e. The van der Waals surface area contributed by atoms with Crippen molar-refractivity contribution in [2.75, 3.05) is 12.4 Å². The molecule has 1 heterocycles. The van der Waals surface area contributed by atoms with Gasteiger partial charge in [-0.2, -0.15) is 0 Å². The smallest absolute Gasteiger partial charge is 0.340 e. The SMILES string of the molecule is COC(=O)c1cc(NC(C)c2ccncc2)c(F)cc1F. The fourth-order valence-corrected chi connectivity index (χ4v) is 1.89. The molecule has 1 N–H and O–H groups in total. The van der Waals surface area contributed by atoms with Crippen molar-refractivity contribution >= 4 is 11.7 Å². The standard InChI is InChI=1S/C15H14F2N2O2/c1-9(10-3-5-18-6-4-10)19-14-7-11(15(20)21-2)12(16)8-13(14)17/h3-9,19H,1-2H3. The molecule has 0 spiro atoms. The van der Waals surface area contributed by atoms with Gasteiger partial charge in [0.1, 0.15) is 11.6 Å². The summed E-state index contributed by atoms with van der Waals surface area (Å²) in [6.07, 6.45) is 3.24. The Morgan fingerprint density at radius 2 is 1.90 bits per heavy atom. The lowest BCUT2D eigenvalue weighted by Gasteiger charge is -2.17. The second-order valence-corrected chi connectivity index (χ2v) is 4.45. The number of pyridine rings is 1. The van der Waals surface area contributed by atoms with E-state index in [1.54, 1.807) is 24.5 Å². The minimum Gasteiger partial charge on any atom is -0.465 e. The topological polar surface area (TPSA) is 51.2 Å². The van der Waals surface area contributed by atoms with Crippen molar-refractivity contribution in [3.63, 3.8) is 0 Å². The van der Waals surface area contributed by atoms with Gasteiger partial charge in [0.25, 0.3) is 0 Å². The number of hydrogen-bond acceptors (Lipinski definition) is 4. The van der Waals surface area contributed by atoms with Gasteiger partial charge in [-0.05, 0) is 30.7 Å². The zero-order valence-corrected chi connectivity index (χ0v) is 11.6. The van der Waals surface area contributed by atoms with Crippen molar-refractivity contribution in [1.29, 1.82) is 0 Å². The summed E-state index contributed by atoms with van der Waals surface area (Å²) in [6.45, 7) is 1.82. The molecular formula is C15H14F2N2O2. The number of halogens is 2. The van der Waals surface area contributed by atoms with Crippen molar-refractivity contribution in [3.05, 3.63) is 59.4 Å². The van der Waals surface area contributed by atoms with Crippen molar-refractivity contribution in [2.45, 2.75) is 13.0 Å². The number of nitrogens with one attached hydrogen (secondary N) is 1. The maximum atomic E-state index is 13.8. The van der Waals surface area contributed by atoms with Gasteiger partial charge in [-0.15, -0.1) is 0 Å². The maximum Gasteiger partial charge on any atom is 0.340 e. The van der Waals surface area contributed by atoms with Gasteiger partial charge in [-0.25, -0.2) is 13.6 Å². The first-order valence-electron chi connectivity index (χ1n) is 6.26. The number of methoxy groups -OCH3 is 1. The molecule has 2 aromatic rings. The van der Waals surface area contributed by atoms with Crippen LogP contribution < -0.4 is 5.32 Å². The summed E-state index contributed by atoms with van der Waals surface area (Å²) in [6, 6.07) is 5.08. The van der Waals surface area contributed by atoms with Gasteiger partial charge in [-0.1, -0.05) is 0 Å². The molecule has 0 fully saturated rings. The van der Waals surface area contributed by atoms with E-state index in [4.69, 9.17) is 0 Å². The number of anilines is 1. The Labute approximate surface area is 120 Å². The molecule has 2 rings (SSSR count). The van der Waals surface area contributed by atoms with Crippen LogP contribution in [0.25, 0.3) is 0 Å². The lowest BCUT2D eigenvalue weighted by atomic mass is 10.1. The number of nitrogens with zero attached hydrogens (tertiary/aromatic N) is 1. The van der Waals surface area contributed by atoms with E-state index >= 15 is 0 Å². The van der Waals surface area contributed by atoms with E-state index in [1.807, 2.05) is 6.92 Å². The first kappa shape index (κ1) is 14.9. The molecule has 21 heavy (non-hydrogen) atoms. The number of carbonyl (C=O) groups is 1. The summed E-state index contributed by atoms with van der Waals surface area (Å²) in [5.41, 5.74) is 0.595. The number of carbonyl (C=O) groups excluding carboxylic acids is 1. The number of ether oxygens (including phenoxy) is 1. The van der Waals surface area contributed by atoms with Gasteiger partial charge in [0.05, 0.1) is 18.4 Å². The highest BCUT2D eigenvalue weighted by Crippen LogP contribution is 2.24. The molecule has 0 saturated carbocycles. The summed E-state index contributed by atoms with van der Waals surface area (Å²) in [5, 5.41) is 2.90. The molecular weight excluding hydrogens is 278 g/mol. The summed E-state index contributed by atoms with van der Waals surface area (Å²) >= 11 is 0. The lowest BCUT2D eigenvalue weighted by molar-refractivity contribution is 0.0595. The average molecular weight is 292 g/mol. The Morgan fingerprint density at radius 3 is 2.52 bits per heavy atom. The molecule has 0 amide bonds. The van der Waals surface area contributed by atoms with Crippen LogP contribution >= 0.6 is 0 Å². The van der Waals surface area contributed by atoms with Gasteiger partial charge in [0.15, 0.2) is 0 Å². The molecule has 0 radical (unpaired) electrons. The van der Waals surface area contributed by atoms with Crippen LogP contribution in [0.2, 0.25) is 0 Å². The van der Waals surface area contributed by atoms with Crippen LogP contribution in [0.1, 0.15) is 28.9 Å². The zero-order chi connectivity index (χ0) is 15.4. The molecule has 0 aliphatic heterocycles. The minimum atomic E-state index is -0.957. The summed E-state index contributed by atoms with van der Waals surface area (Å²) in [7, 11) is 1.14. The van der Waals surface area contributed by atoms with Crippen molar-refractivity contribution in [1.82, 2.24) is 4.98 Å². The van der Waals surface area contributed by atoms with E-state index in [1.165, 1.54) is 0 Å². The summed E-state index contributed by atoms with van der Waals surface area (Å²) in [4.78, 5) is 15.3. The van der Waals surface area contributed by atoms with Crippen LogP contribution in [0.3, 0.4) is 0 Å². The van der Waals surface area contributed by atoms with Gasteiger partial charge in [0, 0.05) is 24.5 Å². The summed E-state index contributed by atoms with van der Waals surface area (Å²) in [5.74, 6) is -2.59. The highest BCUT2D eigenvalue weighted by molar-refractivity contribution is 5.90. The molecule has 0 bridgehead atoms. The number of esters is 1. The van der Waals surface area contributed by atoms with Gasteiger partial charge < -0.3 is 10.1 Å². The molecule has 1 unspecified atom stereocenters. The number of benzene rings is 1. The Bertz CT molecular complexity index is 648. The summed E-state index contributed by atoms with van der Waals surface area (Å²) < 4.78 is 31.8. The Balaban J connectivity index is 2.29. The van der Waals surface area contributed by atoms with E-state index < -0.39 is 17.6 Å². The second kappa shape index (κ2) is 6.30. The second-order valence-electron chi connectivity index (χ2n) is 4.45. The third-order valence-electron chi connectivity index (χ3n) is 3.04. The monoisotopic (exact) mass is 292 g/mol. The van der Waals surface area contributed by atoms with E-state index in [9.17, 15) is 13.6 Å². The van der Waals surface area contributed by atoms with E-state index in [0.717, 1.165) is 18.7 Å². The molecule has 0 aliphatic rings. The third-order valence-corrected chi connectivity index (χ3v) is 3.04. The van der Waals surface area contributed by atoms with Crippen molar-refractivity contribution in [2.24, 2.45) is 0 Å². The molecule has 0 aliphatic carbocycles. The van der Waals surface area contributed by atoms with Crippen LogP contribution in [0, 0.1) is 11.6 Å². The predicted molar refractivity (Wildman–Crippen MR) is 74.0 cm³/mol. The molecule has 6 heteroatoms. The van der Waals surface area contributed by atoms with E-state index in [2.05, 4.69) is 15.0 Å². The van der Waals surface area contributed by atoms with Crippen molar-refractivity contribution in [3.8, 4) is 0 Å². The average Bonchev–Trinajstić information content (AvgIpc) is 2.50. The van der Waals surface area contributed by atoms with Crippen molar-refractivity contribution < 1.29 is 18.3 Å². The van der Waals surface area contributed by atoms with Crippen LogP contribution in [-0.4, -0.2) is 18.1 Å². The quantitative estimate of drug-likeness (QED) is 0.878. The fourth-order valence-electron chi connectivity index (χ4n) is 1.89. The van der Waals surface area contributed by atoms with Crippen LogP contribution in [0.5, 0.6) is 0 Å². The van der Waals surface area contributed by atoms with E-state index in [-0.39, 0.29) is 17.3 Å². The van der Waals surface area contributed by atoms with Gasteiger partial charge >= 0.3 is 5.97 Å². The molecule has 1 aromatic heterocycles. The van der Waals surface area contributed by atoms with Gasteiger partial charge in [-0.3, -0.25) is 4.98 Å². The zero-order valence-electron chi connectivity index (χ0n) is 11.6. The first-order valence-corrected chi connectivity index (χ1v) is 6.26. The highest BCUT2D eigenvalue weighted by atomic mass is 19.1. The first-order chi connectivity index (χ1) is 10.0. The number of aromatic nitrogens is 1. The Hall–Kier alpha value is -2.50. The normalized spacial score (nSPS) is 11.8. The van der Waals surface area contributed by atoms with E-state index in [0.29, 0.717) is 6.07 Å². The predicted octanol–water partition coefficient (Wildman–Crippen LogP) is 3.32. The lowest BCUT2D eigenvalue weighted by Crippen LogP contribution is -2.11. The molecule has 1 atom stereocenters. The Kier molecular flexibility index (Phi) is 4.47. The molecule has 0 saturated heterocycles. The van der Waals surface area contributed by atoms with Crippen LogP contribution in [0.15, 0.2) is 36.7 Å². The number of rotatable bonds is 4. The minimum absolute atomic E-state index is 0.0288. The molecule has 4 nitrogen and oxygen atoms in total.